The average molecular weight is 366 g/mol. The Bertz CT molecular complexity index is 739. The standard InChI is InChI=1S/C18H26N2O4S/c1-3-10-20(12-13-4-5-13)18(21)14-6-9-16(24-2)17(11-14)25(22,23)19-15-7-8-15/h6,9,11,13,15,19H,3-5,7-8,10,12H2,1-2H3. The van der Waals surface area contributed by atoms with Gasteiger partial charge in [-0.25, -0.2) is 13.1 Å². The Balaban J connectivity index is 1.87. The molecule has 0 spiro atoms. The highest BCUT2D eigenvalue weighted by molar-refractivity contribution is 7.89. The summed E-state index contributed by atoms with van der Waals surface area (Å²) in [4.78, 5) is 14.8. The summed E-state index contributed by atoms with van der Waals surface area (Å²) in [5.74, 6) is 0.738. The van der Waals surface area contributed by atoms with Gasteiger partial charge in [0, 0.05) is 24.7 Å². The molecule has 2 fully saturated rings. The average Bonchev–Trinajstić information content (AvgIpc) is 3.50. The number of carbonyl (C=O) groups excluding carboxylic acids is 1. The summed E-state index contributed by atoms with van der Waals surface area (Å²) in [5.41, 5.74) is 0.395. The van der Waals surface area contributed by atoms with Crippen LogP contribution in [0.5, 0.6) is 5.75 Å². The van der Waals surface area contributed by atoms with E-state index in [0.717, 1.165) is 25.8 Å². The predicted molar refractivity (Wildman–Crippen MR) is 95.3 cm³/mol. The molecule has 2 saturated carbocycles. The molecule has 2 aliphatic carbocycles. The van der Waals surface area contributed by atoms with E-state index in [1.54, 1.807) is 12.1 Å². The maximum absolute atomic E-state index is 12.9. The van der Waals surface area contributed by atoms with E-state index in [1.807, 2.05) is 11.8 Å². The molecule has 0 aliphatic heterocycles. The zero-order chi connectivity index (χ0) is 18.0. The van der Waals surface area contributed by atoms with Crippen molar-refractivity contribution in [1.29, 1.82) is 0 Å². The van der Waals surface area contributed by atoms with E-state index in [4.69, 9.17) is 4.74 Å². The SMILES string of the molecule is CCCN(CC1CC1)C(=O)c1ccc(OC)c(S(=O)(=O)NC2CC2)c1. The van der Waals surface area contributed by atoms with Gasteiger partial charge in [0.1, 0.15) is 10.6 Å². The molecule has 1 N–H and O–H groups in total. The summed E-state index contributed by atoms with van der Waals surface area (Å²) in [7, 11) is -2.26. The second-order valence-electron chi connectivity index (χ2n) is 6.96. The zero-order valence-electron chi connectivity index (χ0n) is 14.8. The lowest BCUT2D eigenvalue weighted by Crippen LogP contribution is -2.34. The Morgan fingerprint density at radius 1 is 1.28 bits per heavy atom. The van der Waals surface area contributed by atoms with E-state index >= 15 is 0 Å². The van der Waals surface area contributed by atoms with Gasteiger partial charge in [0.25, 0.3) is 5.91 Å². The van der Waals surface area contributed by atoms with Gasteiger partial charge in [0.15, 0.2) is 0 Å². The fourth-order valence-electron chi connectivity index (χ4n) is 2.84. The number of hydrogen-bond donors (Lipinski definition) is 1. The van der Waals surface area contributed by atoms with Crippen molar-refractivity contribution in [3.05, 3.63) is 23.8 Å². The lowest BCUT2D eigenvalue weighted by atomic mass is 10.1. The molecule has 0 bridgehead atoms. The molecule has 2 aliphatic rings. The molecular weight excluding hydrogens is 340 g/mol. The number of rotatable bonds is 9. The fraction of sp³-hybridized carbons (Fsp3) is 0.611. The second-order valence-corrected chi connectivity index (χ2v) is 8.64. The molecule has 7 heteroatoms. The molecule has 0 atom stereocenters. The van der Waals surface area contributed by atoms with Crippen molar-refractivity contribution >= 4 is 15.9 Å². The maximum atomic E-state index is 12.9. The lowest BCUT2D eigenvalue weighted by Gasteiger charge is -2.22. The monoisotopic (exact) mass is 366 g/mol. The van der Waals surface area contributed by atoms with Gasteiger partial charge in [-0.15, -0.1) is 0 Å². The number of methoxy groups -OCH3 is 1. The third kappa shape index (κ3) is 4.52. The number of carbonyl (C=O) groups is 1. The van der Waals surface area contributed by atoms with Crippen LogP contribution < -0.4 is 9.46 Å². The van der Waals surface area contributed by atoms with E-state index < -0.39 is 10.0 Å². The minimum absolute atomic E-state index is 0.000482. The minimum Gasteiger partial charge on any atom is -0.495 e. The fourth-order valence-corrected chi connectivity index (χ4v) is 4.34. The Morgan fingerprint density at radius 2 is 2.00 bits per heavy atom. The second kappa shape index (κ2) is 7.33. The summed E-state index contributed by atoms with van der Waals surface area (Å²) < 4.78 is 33.1. The summed E-state index contributed by atoms with van der Waals surface area (Å²) in [6.45, 7) is 3.47. The first-order chi connectivity index (χ1) is 11.9. The highest BCUT2D eigenvalue weighted by Gasteiger charge is 2.31. The molecule has 1 aromatic rings. The Labute approximate surface area is 149 Å². The van der Waals surface area contributed by atoms with Crippen LogP contribution in [0.2, 0.25) is 0 Å². The molecule has 3 rings (SSSR count). The predicted octanol–water partition coefficient (Wildman–Crippen LogP) is 2.40. The number of nitrogens with zero attached hydrogens (tertiary/aromatic N) is 1. The van der Waals surface area contributed by atoms with Gasteiger partial charge < -0.3 is 9.64 Å². The third-order valence-electron chi connectivity index (χ3n) is 4.56. The van der Waals surface area contributed by atoms with E-state index in [0.29, 0.717) is 18.0 Å². The lowest BCUT2D eigenvalue weighted by molar-refractivity contribution is 0.0747. The minimum atomic E-state index is -3.69. The Hall–Kier alpha value is -1.60. The van der Waals surface area contributed by atoms with Crippen LogP contribution in [0.15, 0.2) is 23.1 Å². The van der Waals surface area contributed by atoms with Crippen molar-refractivity contribution in [2.75, 3.05) is 20.2 Å². The molecular formula is C18H26N2O4S. The molecule has 1 aromatic carbocycles. The van der Waals surface area contributed by atoms with Crippen LogP contribution in [-0.4, -0.2) is 45.5 Å². The number of sulfonamides is 1. The van der Waals surface area contributed by atoms with Gasteiger partial charge >= 0.3 is 0 Å². The van der Waals surface area contributed by atoms with Gasteiger partial charge in [0.05, 0.1) is 7.11 Å². The highest BCUT2D eigenvalue weighted by Crippen LogP contribution is 2.31. The van der Waals surface area contributed by atoms with Gasteiger partial charge in [-0.1, -0.05) is 6.92 Å². The molecule has 138 valence electrons. The van der Waals surface area contributed by atoms with Crippen LogP contribution in [0, 0.1) is 5.92 Å². The van der Waals surface area contributed by atoms with Gasteiger partial charge in [0.2, 0.25) is 10.0 Å². The van der Waals surface area contributed by atoms with Crippen LogP contribution in [0.25, 0.3) is 0 Å². The van der Waals surface area contributed by atoms with E-state index in [2.05, 4.69) is 4.72 Å². The number of ether oxygens (including phenoxy) is 1. The molecule has 1 amide bonds. The van der Waals surface area contributed by atoms with E-state index in [-0.39, 0.29) is 22.6 Å². The quantitative estimate of drug-likeness (QED) is 0.728. The first-order valence-corrected chi connectivity index (χ1v) is 10.4. The molecule has 0 unspecified atom stereocenters. The third-order valence-corrected chi connectivity index (χ3v) is 6.10. The first kappa shape index (κ1) is 18.2. The van der Waals surface area contributed by atoms with Crippen molar-refractivity contribution in [3.8, 4) is 5.75 Å². The number of hydrogen-bond acceptors (Lipinski definition) is 4. The van der Waals surface area contributed by atoms with Crippen LogP contribution in [-0.2, 0) is 10.0 Å². The summed E-state index contributed by atoms with van der Waals surface area (Å²) >= 11 is 0. The van der Waals surface area contributed by atoms with Gasteiger partial charge in [-0.3, -0.25) is 4.79 Å². The summed E-state index contributed by atoms with van der Waals surface area (Å²) in [6, 6.07) is 4.66. The molecule has 6 nitrogen and oxygen atoms in total. The highest BCUT2D eigenvalue weighted by atomic mass is 32.2. The topological polar surface area (TPSA) is 75.7 Å². The number of nitrogens with one attached hydrogen (secondary N) is 1. The van der Waals surface area contributed by atoms with E-state index in [9.17, 15) is 13.2 Å². The van der Waals surface area contributed by atoms with Crippen LogP contribution >= 0.6 is 0 Å². The molecule has 0 saturated heterocycles. The molecule has 0 aromatic heterocycles. The van der Waals surface area contributed by atoms with Crippen molar-refractivity contribution in [2.45, 2.75) is 50.0 Å². The Kier molecular flexibility index (Phi) is 5.34. The normalized spacial score (nSPS) is 17.4. The Morgan fingerprint density at radius 3 is 2.56 bits per heavy atom. The van der Waals surface area contributed by atoms with Crippen LogP contribution in [0.3, 0.4) is 0 Å². The van der Waals surface area contributed by atoms with Crippen molar-refractivity contribution in [3.63, 3.8) is 0 Å². The first-order valence-electron chi connectivity index (χ1n) is 8.94. The molecule has 0 radical (unpaired) electrons. The van der Waals surface area contributed by atoms with E-state index in [1.165, 1.54) is 26.0 Å². The zero-order valence-corrected chi connectivity index (χ0v) is 15.6. The summed E-state index contributed by atoms with van der Waals surface area (Å²) in [5, 5.41) is 0. The smallest absolute Gasteiger partial charge is 0.253 e. The van der Waals surface area contributed by atoms with Crippen molar-refractivity contribution < 1.29 is 17.9 Å². The molecule has 0 heterocycles. The number of benzene rings is 1. The molecule has 25 heavy (non-hydrogen) atoms. The largest absolute Gasteiger partial charge is 0.495 e. The van der Waals surface area contributed by atoms with Crippen molar-refractivity contribution in [2.24, 2.45) is 5.92 Å². The van der Waals surface area contributed by atoms with Crippen LogP contribution in [0.4, 0.5) is 0 Å². The van der Waals surface area contributed by atoms with Gasteiger partial charge in [-0.05, 0) is 56.2 Å². The summed E-state index contributed by atoms with van der Waals surface area (Å²) in [6.07, 6.45) is 4.92. The van der Waals surface area contributed by atoms with Gasteiger partial charge in [-0.2, -0.15) is 0 Å². The van der Waals surface area contributed by atoms with Crippen LogP contribution in [0.1, 0.15) is 49.4 Å². The maximum Gasteiger partial charge on any atom is 0.253 e. The van der Waals surface area contributed by atoms with Crippen molar-refractivity contribution in [1.82, 2.24) is 9.62 Å². The number of amides is 1.